The third-order valence-electron chi connectivity index (χ3n) is 1.73. The van der Waals surface area contributed by atoms with Crippen LogP contribution in [0.2, 0.25) is 0 Å². The fourth-order valence-electron chi connectivity index (χ4n) is 0.887. The molecule has 10 heavy (non-hydrogen) atoms. The molecule has 0 N–H and O–H groups in total. The third-order valence-corrected chi connectivity index (χ3v) is 1.73. The largest absolute Gasteiger partial charge is 0.246 e. The standard InChI is InChI=1S/C9H11F/c1-7-3-4-9(6-10)5-8(7)2/h3-5H,6H2,1-2H3. The molecule has 1 heteroatoms. The Balaban J connectivity index is 3.04. The lowest BCUT2D eigenvalue weighted by Gasteiger charge is -1.99. The lowest BCUT2D eigenvalue weighted by molar-refractivity contribution is 0.485. The summed E-state index contributed by atoms with van der Waals surface area (Å²) in [6, 6.07) is 5.65. The van der Waals surface area contributed by atoms with Gasteiger partial charge >= 0.3 is 0 Å². The van der Waals surface area contributed by atoms with Crippen molar-refractivity contribution in [1.82, 2.24) is 0 Å². The number of halogens is 1. The normalized spacial score (nSPS) is 9.90. The van der Waals surface area contributed by atoms with Gasteiger partial charge in [0.2, 0.25) is 0 Å². The Kier molecular flexibility index (Phi) is 2.05. The molecule has 1 aromatic rings. The van der Waals surface area contributed by atoms with E-state index in [1.165, 1.54) is 5.56 Å². The van der Waals surface area contributed by atoms with Crippen molar-refractivity contribution in [3.05, 3.63) is 34.9 Å². The van der Waals surface area contributed by atoms with Gasteiger partial charge in [0.1, 0.15) is 6.67 Å². The topological polar surface area (TPSA) is 0 Å². The van der Waals surface area contributed by atoms with Crippen LogP contribution in [0.1, 0.15) is 16.7 Å². The molecule has 0 aliphatic heterocycles. The lowest BCUT2D eigenvalue weighted by atomic mass is 10.1. The number of rotatable bonds is 1. The van der Waals surface area contributed by atoms with Crippen LogP contribution in [0.3, 0.4) is 0 Å². The zero-order valence-corrected chi connectivity index (χ0v) is 6.32. The monoisotopic (exact) mass is 138 g/mol. The van der Waals surface area contributed by atoms with E-state index in [4.69, 9.17) is 0 Å². The highest BCUT2D eigenvalue weighted by molar-refractivity contribution is 5.29. The summed E-state index contributed by atoms with van der Waals surface area (Å²) >= 11 is 0. The van der Waals surface area contributed by atoms with Crippen molar-refractivity contribution in [3.63, 3.8) is 0 Å². The Morgan fingerprint density at radius 2 is 1.90 bits per heavy atom. The van der Waals surface area contributed by atoms with Crippen LogP contribution >= 0.6 is 0 Å². The summed E-state index contributed by atoms with van der Waals surface area (Å²) in [6.45, 7) is 3.66. The molecule has 0 bridgehead atoms. The SMILES string of the molecule is Cc1ccc(CF)cc1C. The summed E-state index contributed by atoms with van der Waals surface area (Å²) in [5, 5.41) is 0. The van der Waals surface area contributed by atoms with E-state index in [2.05, 4.69) is 0 Å². The molecule has 0 fully saturated rings. The summed E-state index contributed by atoms with van der Waals surface area (Å²) in [5.41, 5.74) is 3.15. The first-order valence-electron chi connectivity index (χ1n) is 3.36. The molecule has 0 unspecified atom stereocenters. The summed E-state index contributed by atoms with van der Waals surface area (Å²) in [7, 11) is 0. The van der Waals surface area contributed by atoms with Crippen LogP contribution in [0.25, 0.3) is 0 Å². The summed E-state index contributed by atoms with van der Waals surface area (Å²) in [5.74, 6) is 0. The molecule has 0 heterocycles. The average molecular weight is 138 g/mol. The third kappa shape index (κ3) is 1.35. The number of benzene rings is 1. The van der Waals surface area contributed by atoms with Gasteiger partial charge in [-0.25, -0.2) is 4.39 Å². The van der Waals surface area contributed by atoms with E-state index in [9.17, 15) is 4.39 Å². The second kappa shape index (κ2) is 2.82. The van der Waals surface area contributed by atoms with Gasteiger partial charge in [0.05, 0.1) is 0 Å². The zero-order chi connectivity index (χ0) is 7.56. The Morgan fingerprint density at radius 1 is 1.20 bits per heavy atom. The van der Waals surface area contributed by atoms with Crippen molar-refractivity contribution in [1.29, 1.82) is 0 Å². The second-order valence-electron chi connectivity index (χ2n) is 2.55. The van der Waals surface area contributed by atoms with Crippen molar-refractivity contribution in [2.45, 2.75) is 20.5 Å². The molecule has 0 aromatic heterocycles. The fourth-order valence-corrected chi connectivity index (χ4v) is 0.887. The quantitative estimate of drug-likeness (QED) is 0.559. The maximum absolute atomic E-state index is 12.0. The van der Waals surface area contributed by atoms with Gasteiger partial charge in [-0.1, -0.05) is 18.2 Å². The molecule has 0 aliphatic rings. The highest BCUT2D eigenvalue weighted by Gasteiger charge is 1.93. The summed E-state index contributed by atoms with van der Waals surface area (Å²) in [6.07, 6.45) is 0. The predicted molar refractivity (Wildman–Crippen MR) is 40.7 cm³/mol. The number of alkyl halides is 1. The smallest absolute Gasteiger partial charge is 0.115 e. The van der Waals surface area contributed by atoms with Gasteiger partial charge in [-0.15, -0.1) is 0 Å². The summed E-state index contributed by atoms with van der Waals surface area (Å²) in [4.78, 5) is 0. The van der Waals surface area contributed by atoms with Crippen LogP contribution in [0.5, 0.6) is 0 Å². The minimum atomic E-state index is -0.360. The van der Waals surface area contributed by atoms with E-state index in [0.29, 0.717) is 0 Å². The highest BCUT2D eigenvalue weighted by Crippen LogP contribution is 2.10. The second-order valence-corrected chi connectivity index (χ2v) is 2.55. The Hall–Kier alpha value is -0.850. The predicted octanol–water partition coefficient (Wildman–Crippen LogP) is 2.77. The highest BCUT2D eigenvalue weighted by atomic mass is 19.1. The fraction of sp³-hybridized carbons (Fsp3) is 0.333. The van der Waals surface area contributed by atoms with Crippen molar-refractivity contribution < 1.29 is 4.39 Å². The van der Waals surface area contributed by atoms with Gasteiger partial charge in [-0.3, -0.25) is 0 Å². The van der Waals surface area contributed by atoms with Crippen LogP contribution in [0.4, 0.5) is 4.39 Å². The van der Waals surface area contributed by atoms with E-state index in [1.54, 1.807) is 0 Å². The Labute approximate surface area is 60.7 Å². The minimum absolute atomic E-state index is 0.360. The summed E-state index contributed by atoms with van der Waals surface area (Å²) < 4.78 is 12.0. The number of aryl methyl sites for hydroxylation is 2. The van der Waals surface area contributed by atoms with Gasteiger partial charge in [-0.05, 0) is 30.5 Å². The lowest BCUT2D eigenvalue weighted by Crippen LogP contribution is -1.83. The molecule has 1 aromatic carbocycles. The van der Waals surface area contributed by atoms with E-state index in [0.717, 1.165) is 11.1 Å². The number of hydrogen-bond acceptors (Lipinski definition) is 0. The van der Waals surface area contributed by atoms with E-state index in [1.807, 2.05) is 32.0 Å². The van der Waals surface area contributed by atoms with E-state index >= 15 is 0 Å². The van der Waals surface area contributed by atoms with Crippen molar-refractivity contribution in [3.8, 4) is 0 Å². The van der Waals surface area contributed by atoms with Gasteiger partial charge < -0.3 is 0 Å². The molecule has 0 saturated heterocycles. The average Bonchev–Trinajstić information content (AvgIpc) is 1.95. The van der Waals surface area contributed by atoms with Crippen molar-refractivity contribution in [2.24, 2.45) is 0 Å². The minimum Gasteiger partial charge on any atom is -0.246 e. The molecule has 0 nitrogen and oxygen atoms in total. The van der Waals surface area contributed by atoms with Gasteiger partial charge in [0, 0.05) is 0 Å². The Morgan fingerprint density at radius 3 is 2.40 bits per heavy atom. The van der Waals surface area contributed by atoms with Crippen molar-refractivity contribution in [2.75, 3.05) is 0 Å². The van der Waals surface area contributed by atoms with Crippen LogP contribution in [-0.2, 0) is 6.67 Å². The number of hydrogen-bond donors (Lipinski definition) is 0. The van der Waals surface area contributed by atoms with Crippen molar-refractivity contribution >= 4 is 0 Å². The molecule has 0 radical (unpaired) electrons. The molecule has 0 aliphatic carbocycles. The van der Waals surface area contributed by atoms with Gasteiger partial charge in [-0.2, -0.15) is 0 Å². The van der Waals surface area contributed by atoms with Crippen LogP contribution < -0.4 is 0 Å². The molecule has 54 valence electrons. The molecule has 0 amide bonds. The molecular formula is C9H11F. The van der Waals surface area contributed by atoms with Crippen LogP contribution in [0.15, 0.2) is 18.2 Å². The van der Waals surface area contributed by atoms with Gasteiger partial charge in [0.15, 0.2) is 0 Å². The maximum Gasteiger partial charge on any atom is 0.115 e. The van der Waals surface area contributed by atoms with E-state index < -0.39 is 0 Å². The molecule has 0 atom stereocenters. The zero-order valence-electron chi connectivity index (χ0n) is 6.32. The van der Waals surface area contributed by atoms with Gasteiger partial charge in [0.25, 0.3) is 0 Å². The first-order valence-corrected chi connectivity index (χ1v) is 3.36. The van der Waals surface area contributed by atoms with E-state index in [-0.39, 0.29) is 6.67 Å². The molecular weight excluding hydrogens is 127 g/mol. The first kappa shape index (κ1) is 7.26. The molecule has 1 rings (SSSR count). The maximum atomic E-state index is 12.0. The van der Waals surface area contributed by atoms with Crippen LogP contribution in [0, 0.1) is 13.8 Å². The molecule has 0 spiro atoms. The van der Waals surface area contributed by atoms with Crippen LogP contribution in [-0.4, -0.2) is 0 Å². The first-order chi connectivity index (χ1) is 4.74. The molecule has 0 saturated carbocycles. The Bertz CT molecular complexity index is 228.